The summed E-state index contributed by atoms with van der Waals surface area (Å²) in [5.41, 5.74) is 6.25. The van der Waals surface area contributed by atoms with Gasteiger partial charge in [-0.1, -0.05) is 31.4 Å². The molecule has 4 N–H and O–H groups in total. The zero-order valence-electron chi connectivity index (χ0n) is 17.9. The number of urea groups is 1. The maximum atomic E-state index is 13.0. The lowest BCUT2D eigenvalue weighted by molar-refractivity contribution is -0.137. The SMILES string of the molecule is NC(=O)C(CNC(=O)NC1CCN(C(=O)C2CCCCC2)CC1)Cc1ccc(F)cc1. The van der Waals surface area contributed by atoms with Gasteiger partial charge in [0.2, 0.25) is 11.8 Å². The highest BCUT2D eigenvalue weighted by atomic mass is 19.1. The molecule has 1 saturated carbocycles. The van der Waals surface area contributed by atoms with Gasteiger partial charge in [-0.3, -0.25) is 9.59 Å². The minimum absolute atomic E-state index is 0.000433. The van der Waals surface area contributed by atoms with Crippen molar-refractivity contribution in [2.24, 2.45) is 17.6 Å². The molecule has 1 aromatic carbocycles. The smallest absolute Gasteiger partial charge is 0.315 e. The number of hydrogen-bond acceptors (Lipinski definition) is 3. The van der Waals surface area contributed by atoms with Crippen molar-refractivity contribution in [2.75, 3.05) is 19.6 Å². The minimum atomic E-state index is -0.578. The normalized spacial score (nSPS) is 18.9. The number of benzene rings is 1. The summed E-state index contributed by atoms with van der Waals surface area (Å²) in [6.07, 6.45) is 7.28. The molecule has 0 aromatic heterocycles. The number of hydrogen-bond donors (Lipinski definition) is 3. The second-order valence-electron chi connectivity index (χ2n) is 8.72. The Morgan fingerprint density at radius 3 is 2.29 bits per heavy atom. The number of nitrogens with zero attached hydrogens (tertiary/aromatic N) is 1. The first-order chi connectivity index (χ1) is 14.9. The Labute approximate surface area is 182 Å². The first-order valence-corrected chi connectivity index (χ1v) is 11.3. The van der Waals surface area contributed by atoms with Crippen LogP contribution in [-0.4, -0.2) is 48.4 Å². The molecule has 3 rings (SSSR count). The summed E-state index contributed by atoms with van der Waals surface area (Å²) in [5, 5.41) is 5.66. The van der Waals surface area contributed by atoms with Gasteiger partial charge >= 0.3 is 6.03 Å². The van der Waals surface area contributed by atoms with E-state index in [2.05, 4.69) is 10.6 Å². The Balaban J connectivity index is 1.39. The van der Waals surface area contributed by atoms with E-state index in [9.17, 15) is 18.8 Å². The van der Waals surface area contributed by atoms with Crippen LogP contribution in [-0.2, 0) is 16.0 Å². The molecule has 1 aliphatic carbocycles. The summed E-state index contributed by atoms with van der Waals surface area (Å²) in [6, 6.07) is 5.53. The summed E-state index contributed by atoms with van der Waals surface area (Å²) in [6.45, 7) is 1.43. The van der Waals surface area contributed by atoms with Crippen LogP contribution in [0.25, 0.3) is 0 Å². The van der Waals surface area contributed by atoms with E-state index in [0.29, 0.717) is 19.5 Å². The molecule has 4 amide bonds. The van der Waals surface area contributed by atoms with E-state index in [-0.39, 0.29) is 36.3 Å². The summed E-state index contributed by atoms with van der Waals surface area (Å²) < 4.78 is 13.0. The van der Waals surface area contributed by atoms with E-state index in [1.165, 1.54) is 18.6 Å². The Morgan fingerprint density at radius 1 is 1.03 bits per heavy atom. The van der Waals surface area contributed by atoms with Crippen LogP contribution in [0.2, 0.25) is 0 Å². The van der Waals surface area contributed by atoms with E-state index in [1.807, 2.05) is 4.90 Å². The molecular weight excluding hydrogens is 399 g/mol. The molecule has 0 radical (unpaired) electrons. The highest BCUT2D eigenvalue weighted by molar-refractivity contribution is 5.80. The molecule has 1 heterocycles. The average Bonchev–Trinajstić information content (AvgIpc) is 2.78. The number of nitrogens with one attached hydrogen (secondary N) is 2. The van der Waals surface area contributed by atoms with Crippen LogP contribution in [0, 0.1) is 17.7 Å². The second-order valence-corrected chi connectivity index (χ2v) is 8.72. The van der Waals surface area contributed by atoms with Gasteiger partial charge in [0.1, 0.15) is 5.82 Å². The molecule has 1 atom stereocenters. The minimum Gasteiger partial charge on any atom is -0.369 e. The third-order valence-electron chi connectivity index (χ3n) is 6.40. The quantitative estimate of drug-likeness (QED) is 0.616. The third kappa shape index (κ3) is 6.94. The van der Waals surface area contributed by atoms with Crippen molar-refractivity contribution in [1.82, 2.24) is 15.5 Å². The number of piperidine rings is 1. The van der Waals surface area contributed by atoms with Gasteiger partial charge in [-0.15, -0.1) is 0 Å². The number of amides is 4. The van der Waals surface area contributed by atoms with Crippen molar-refractivity contribution in [3.63, 3.8) is 0 Å². The van der Waals surface area contributed by atoms with Gasteiger partial charge in [-0.25, -0.2) is 9.18 Å². The Bertz CT molecular complexity index is 757. The summed E-state index contributed by atoms with van der Waals surface area (Å²) in [5.74, 6) is -0.991. The monoisotopic (exact) mass is 432 g/mol. The van der Waals surface area contributed by atoms with Crippen molar-refractivity contribution in [1.29, 1.82) is 0 Å². The van der Waals surface area contributed by atoms with Gasteiger partial charge in [0.15, 0.2) is 0 Å². The molecule has 0 spiro atoms. The average molecular weight is 433 g/mol. The van der Waals surface area contributed by atoms with E-state index < -0.39 is 11.8 Å². The van der Waals surface area contributed by atoms with Crippen molar-refractivity contribution in [3.05, 3.63) is 35.6 Å². The second kappa shape index (κ2) is 11.1. The lowest BCUT2D eigenvalue weighted by atomic mass is 9.87. The standard InChI is InChI=1S/C23H33FN4O3/c24-19-8-6-16(7-9-19)14-18(21(25)29)15-26-23(31)27-20-10-12-28(13-11-20)22(30)17-4-2-1-3-5-17/h6-9,17-18,20H,1-5,10-15H2,(H2,25,29)(H2,26,27,31). The number of likely N-dealkylation sites (tertiary alicyclic amines) is 1. The molecule has 170 valence electrons. The first-order valence-electron chi connectivity index (χ1n) is 11.3. The molecular formula is C23H33FN4O3. The molecule has 1 unspecified atom stereocenters. The number of rotatable bonds is 7. The fourth-order valence-electron chi connectivity index (χ4n) is 4.48. The summed E-state index contributed by atoms with van der Waals surface area (Å²) in [4.78, 5) is 38.6. The fourth-order valence-corrected chi connectivity index (χ4v) is 4.48. The molecule has 31 heavy (non-hydrogen) atoms. The highest BCUT2D eigenvalue weighted by Gasteiger charge is 2.29. The van der Waals surface area contributed by atoms with Gasteiger partial charge in [0.05, 0.1) is 5.92 Å². The highest BCUT2D eigenvalue weighted by Crippen LogP contribution is 2.26. The molecule has 1 saturated heterocycles. The topological polar surface area (TPSA) is 105 Å². The fraction of sp³-hybridized carbons (Fsp3) is 0.609. The van der Waals surface area contributed by atoms with Gasteiger partial charge in [-0.2, -0.15) is 0 Å². The maximum Gasteiger partial charge on any atom is 0.315 e. The molecule has 2 fully saturated rings. The van der Waals surface area contributed by atoms with Crippen LogP contribution in [0.5, 0.6) is 0 Å². The van der Waals surface area contributed by atoms with Crippen LogP contribution in [0.15, 0.2) is 24.3 Å². The predicted octanol–water partition coefficient (Wildman–Crippen LogP) is 2.34. The maximum absolute atomic E-state index is 13.0. The third-order valence-corrected chi connectivity index (χ3v) is 6.40. The number of halogens is 1. The molecule has 1 aliphatic heterocycles. The van der Waals surface area contributed by atoms with E-state index in [1.54, 1.807) is 12.1 Å². The lowest BCUT2D eigenvalue weighted by Gasteiger charge is -2.35. The number of primary amides is 1. The largest absolute Gasteiger partial charge is 0.369 e. The van der Waals surface area contributed by atoms with Gasteiger partial charge in [-0.05, 0) is 49.8 Å². The van der Waals surface area contributed by atoms with Crippen LogP contribution in [0.3, 0.4) is 0 Å². The van der Waals surface area contributed by atoms with Crippen LogP contribution in [0.1, 0.15) is 50.5 Å². The number of carbonyl (C=O) groups excluding carboxylic acids is 3. The van der Waals surface area contributed by atoms with Gasteiger partial charge in [0.25, 0.3) is 0 Å². The van der Waals surface area contributed by atoms with Crippen molar-refractivity contribution < 1.29 is 18.8 Å². The van der Waals surface area contributed by atoms with Crippen LogP contribution < -0.4 is 16.4 Å². The molecule has 2 aliphatic rings. The van der Waals surface area contributed by atoms with Crippen molar-refractivity contribution in [3.8, 4) is 0 Å². The molecule has 0 bridgehead atoms. The predicted molar refractivity (Wildman–Crippen MR) is 115 cm³/mol. The van der Waals surface area contributed by atoms with Gasteiger partial charge < -0.3 is 21.3 Å². The van der Waals surface area contributed by atoms with Crippen molar-refractivity contribution in [2.45, 2.75) is 57.4 Å². The summed E-state index contributed by atoms with van der Waals surface area (Å²) in [7, 11) is 0. The Morgan fingerprint density at radius 2 is 1.68 bits per heavy atom. The van der Waals surface area contributed by atoms with Gasteiger partial charge in [0, 0.05) is 31.6 Å². The van der Waals surface area contributed by atoms with Crippen LogP contribution >= 0.6 is 0 Å². The number of nitrogens with two attached hydrogens (primary N) is 1. The van der Waals surface area contributed by atoms with E-state index in [0.717, 1.165) is 44.1 Å². The Kier molecular flexibility index (Phi) is 8.26. The Hall–Kier alpha value is -2.64. The van der Waals surface area contributed by atoms with Crippen molar-refractivity contribution >= 4 is 17.8 Å². The van der Waals surface area contributed by atoms with E-state index in [4.69, 9.17) is 5.73 Å². The zero-order valence-corrected chi connectivity index (χ0v) is 17.9. The molecule has 8 heteroatoms. The first kappa shape index (κ1) is 23.0. The van der Waals surface area contributed by atoms with Crippen LogP contribution in [0.4, 0.5) is 9.18 Å². The van der Waals surface area contributed by atoms with E-state index >= 15 is 0 Å². The molecule has 7 nitrogen and oxygen atoms in total. The molecule has 1 aromatic rings. The lowest BCUT2D eigenvalue weighted by Crippen LogP contribution is -2.51. The summed E-state index contributed by atoms with van der Waals surface area (Å²) >= 11 is 0. The number of carbonyl (C=O) groups is 3. The zero-order chi connectivity index (χ0) is 22.2.